The van der Waals surface area contributed by atoms with Gasteiger partial charge in [0.25, 0.3) is 5.91 Å². The molecule has 0 aliphatic carbocycles. The average molecular weight is 486 g/mol. The predicted molar refractivity (Wildman–Crippen MR) is 130 cm³/mol. The Morgan fingerprint density at radius 2 is 2.00 bits per heavy atom. The van der Waals surface area contributed by atoms with Crippen molar-refractivity contribution < 1.29 is 13.9 Å². The highest BCUT2D eigenvalue weighted by Gasteiger charge is 2.43. The second-order valence-corrected chi connectivity index (χ2v) is 10.1. The summed E-state index contributed by atoms with van der Waals surface area (Å²) in [5, 5.41) is 11.8. The number of hydrogen-bond donors (Lipinski definition) is 2. The standard InChI is InChI=1S/C25H29ClFN5O2/c1-14(2)32-17-4-5-18(32)9-19(8-17)34-23-7-16(27)3-6-20(23)25(33)31-12-21(22(28)13-31)24-29-10-15(26)11-30-24/h3,6-7,10-11,14,17-19,28-29H,4-5,8-9,12-13H2,1-2H3/b24-21+,28-22?/t17-,18+,19+. The molecule has 3 fully saturated rings. The maximum atomic E-state index is 14.2. The fourth-order valence-corrected chi connectivity index (χ4v) is 5.82. The lowest BCUT2D eigenvalue weighted by atomic mass is 9.98. The van der Waals surface area contributed by atoms with Crippen molar-refractivity contribution >= 4 is 29.4 Å². The maximum Gasteiger partial charge on any atom is 0.258 e. The van der Waals surface area contributed by atoms with Crippen molar-refractivity contribution in [2.24, 2.45) is 4.99 Å². The Kier molecular flexibility index (Phi) is 6.20. The Hall–Kier alpha value is -2.71. The number of nitrogens with one attached hydrogen (secondary N) is 2. The molecule has 180 valence electrons. The van der Waals surface area contributed by atoms with Crippen molar-refractivity contribution in [2.45, 2.75) is 63.8 Å². The number of rotatable bonds is 4. The van der Waals surface area contributed by atoms with Gasteiger partial charge in [-0.05, 0) is 51.7 Å². The van der Waals surface area contributed by atoms with Gasteiger partial charge in [-0.15, -0.1) is 0 Å². The molecule has 1 amide bonds. The Balaban J connectivity index is 1.34. The van der Waals surface area contributed by atoms with Gasteiger partial charge in [-0.3, -0.25) is 9.69 Å². The minimum absolute atomic E-state index is 0.0484. The summed E-state index contributed by atoms with van der Waals surface area (Å²) in [5.74, 6) is 0.0676. The highest BCUT2D eigenvalue weighted by atomic mass is 35.5. The van der Waals surface area contributed by atoms with E-state index >= 15 is 0 Å². The van der Waals surface area contributed by atoms with Crippen LogP contribution in [-0.4, -0.2) is 65.0 Å². The Morgan fingerprint density at radius 1 is 1.26 bits per heavy atom. The number of aliphatic imine (C=N–C) groups is 1. The molecule has 0 aromatic heterocycles. The molecule has 1 aromatic carbocycles. The quantitative estimate of drug-likeness (QED) is 0.674. The fourth-order valence-electron chi connectivity index (χ4n) is 5.72. The summed E-state index contributed by atoms with van der Waals surface area (Å²) in [4.78, 5) is 21.8. The highest BCUT2D eigenvalue weighted by Crippen LogP contribution is 2.39. The van der Waals surface area contributed by atoms with E-state index in [-0.39, 0.29) is 30.9 Å². The first-order valence-electron chi connectivity index (χ1n) is 11.8. The largest absolute Gasteiger partial charge is 0.489 e. The first-order valence-corrected chi connectivity index (χ1v) is 12.2. The number of hydrogen-bond acceptors (Lipinski definition) is 6. The second kappa shape index (κ2) is 9.15. The van der Waals surface area contributed by atoms with E-state index in [4.69, 9.17) is 21.7 Å². The number of nitrogens with zero attached hydrogens (tertiary/aromatic N) is 3. The summed E-state index contributed by atoms with van der Waals surface area (Å²) >= 11 is 5.90. The average Bonchev–Trinajstić information content (AvgIpc) is 3.31. The van der Waals surface area contributed by atoms with Crippen LogP contribution in [0.25, 0.3) is 0 Å². The number of carbonyl (C=O) groups is 1. The number of halogens is 2. The van der Waals surface area contributed by atoms with Crippen LogP contribution in [0.15, 0.2) is 45.8 Å². The third-order valence-electron chi connectivity index (χ3n) is 7.11. The topological polar surface area (TPSA) is 81.0 Å². The Bertz CT molecular complexity index is 1100. The smallest absolute Gasteiger partial charge is 0.258 e. The summed E-state index contributed by atoms with van der Waals surface area (Å²) < 4.78 is 20.5. The number of carbonyl (C=O) groups excluding carboxylic acids is 1. The first kappa shape index (κ1) is 23.1. The molecule has 0 saturated carbocycles. The van der Waals surface area contributed by atoms with Gasteiger partial charge in [-0.2, -0.15) is 0 Å². The molecule has 1 aromatic rings. The molecule has 7 nitrogen and oxygen atoms in total. The third-order valence-corrected chi connectivity index (χ3v) is 7.32. The van der Waals surface area contributed by atoms with Gasteiger partial charge in [0.2, 0.25) is 0 Å². The van der Waals surface area contributed by atoms with Crippen LogP contribution in [0.2, 0.25) is 0 Å². The molecule has 2 bridgehead atoms. The minimum Gasteiger partial charge on any atom is -0.489 e. The van der Waals surface area contributed by atoms with E-state index in [0.29, 0.717) is 45.8 Å². The molecule has 4 aliphatic rings. The SMILES string of the molecule is CC(C)N1[C@@H]2CC[C@H]1C[C@@H](Oc1cc(F)ccc1C(=O)N1CC(=N)/C(=C3/N=CC(Cl)=CN3)C1)C2. The molecule has 0 unspecified atom stereocenters. The molecule has 9 heteroatoms. The van der Waals surface area contributed by atoms with E-state index < -0.39 is 5.82 Å². The zero-order valence-corrected chi connectivity index (χ0v) is 20.1. The molecular formula is C25H29ClFN5O2. The minimum atomic E-state index is -0.435. The van der Waals surface area contributed by atoms with Crippen molar-refractivity contribution in [3.05, 3.63) is 52.2 Å². The van der Waals surface area contributed by atoms with Crippen LogP contribution >= 0.6 is 11.6 Å². The molecular weight excluding hydrogens is 457 g/mol. The van der Waals surface area contributed by atoms with Crippen LogP contribution in [0.1, 0.15) is 49.9 Å². The summed E-state index contributed by atoms with van der Waals surface area (Å²) in [6, 6.07) is 5.51. The molecule has 0 radical (unpaired) electrons. The summed E-state index contributed by atoms with van der Waals surface area (Å²) in [6.07, 6.45) is 7.11. The molecule has 2 N–H and O–H groups in total. The van der Waals surface area contributed by atoms with Crippen LogP contribution in [-0.2, 0) is 0 Å². The third kappa shape index (κ3) is 4.36. The summed E-state index contributed by atoms with van der Waals surface area (Å²) in [6.45, 7) is 4.84. The van der Waals surface area contributed by atoms with Gasteiger partial charge in [0.1, 0.15) is 23.5 Å². The van der Waals surface area contributed by atoms with E-state index in [0.717, 1.165) is 25.7 Å². The van der Waals surface area contributed by atoms with Crippen LogP contribution in [0, 0.1) is 11.2 Å². The maximum absolute atomic E-state index is 14.2. The lowest BCUT2D eigenvalue weighted by molar-refractivity contribution is 0.0300. The first-order chi connectivity index (χ1) is 16.3. The van der Waals surface area contributed by atoms with Crippen LogP contribution < -0.4 is 10.1 Å². The lowest BCUT2D eigenvalue weighted by Gasteiger charge is -2.41. The van der Waals surface area contributed by atoms with Gasteiger partial charge >= 0.3 is 0 Å². The monoisotopic (exact) mass is 485 g/mol. The van der Waals surface area contributed by atoms with E-state index in [1.165, 1.54) is 24.4 Å². The number of amides is 1. The number of piperidine rings is 1. The van der Waals surface area contributed by atoms with Gasteiger partial charge in [-0.1, -0.05) is 11.6 Å². The van der Waals surface area contributed by atoms with Gasteiger partial charge in [0.05, 0.1) is 29.4 Å². The second-order valence-electron chi connectivity index (χ2n) is 9.68. The lowest BCUT2D eigenvalue weighted by Crippen LogP contribution is -2.49. The highest BCUT2D eigenvalue weighted by molar-refractivity contribution is 6.39. The van der Waals surface area contributed by atoms with E-state index in [1.807, 2.05) is 0 Å². The van der Waals surface area contributed by atoms with Crippen molar-refractivity contribution in [1.82, 2.24) is 15.1 Å². The zero-order valence-electron chi connectivity index (χ0n) is 19.4. The molecule has 0 spiro atoms. The summed E-state index contributed by atoms with van der Waals surface area (Å²) in [5.41, 5.74) is 1.26. The van der Waals surface area contributed by atoms with Crippen LogP contribution in [0.3, 0.4) is 0 Å². The van der Waals surface area contributed by atoms with E-state index in [2.05, 4.69) is 29.1 Å². The van der Waals surface area contributed by atoms with Crippen molar-refractivity contribution in [3.8, 4) is 5.75 Å². The number of fused-ring (bicyclic) bond motifs is 2. The number of ether oxygens (including phenoxy) is 1. The van der Waals surface area contributed by atoms with Crippen molar-refractivity contribution in [2.75, 3.05) is 13.1 Å². The normalized spacial score (nSPS) is 29.0. The van der Waals surface area contributed by atoms with Crippen molar-refractivity contribution in [3.63, 3.8) is 0 Å². The van der Waals surface area contributed by atoms with E-state index in [9.17, 15) is 9.18 Å². The van der Waals surface area contributed by atoms with Crippen molar-refractivity contribution in [1.29, 1.82) is 5.41 Å². The molecule has 3 saturated heterocycles. The summed E-state index contributed by atoms with van der Waals surface area (Å²) in [7, 11) is 0. The number of likely N-dealkylation sites (tertiary alicyclic amines) is 1. The van der Waals surface area contributed by atoms with Crippen LogP contribution in [0.4, 0.5) is 4.39 Å². The molecule has 34 heavy (non-hydrogen) atoms. The van der Waals surface area contributed by atoms with Crippen LogP contribution in [0.5, 0.6) is 5.75 Å². The number of benzene rings is 1. The Morgan fingerprint density at radius 3 is 2.65 bits per heavy atom. The Labute approximate surface area is 203 Å². The van der Waals surface area contributed by atoms with Gasteiger partial charge in [-0.25, -0.2) is 9.38 Å². The van der Waals surface area contributed by atoms with Gasteiger partial charge in [0, 0.05) is 42.2 Å². The molecule has 4 aliphatic heterocycles. The van der Waals surface area contributed by atoms with Gasteiger partial charge < -0.3 is 20.4 Å². The zero-order chi connectivity index (χ0) is 24.0. The molecule has 3 atom stereocenters. The molecule has 5 rings (SSSR count). The molecule has 4 heterocycles. The number of allylic oxidation sites excluding steroid dienone is 1. The predicted octanol–water partition coefficient (Wildman–Crippen LogP) is 4.05. The fraction of sp³-hybridized carbons (Fsp3) is 0.480. The van der Waals surface area contributed by atoms with E-state index in [1.54, 1.807) is 11.1 Å². The van der Waals surface area contributed by atoms with Gasteiger partial charge in [0.15, 0.2) is 0 Å².